The van der Waals surface area contributed by atoms with Crippen LogP contribution in [0.15, 0.2) is 24.5 Å². The molecule has 2 rings (SSSR count). The fourth-order valence-corrected chi connectivity index (χ4v) is 2.08. The summed E-state index contributed by atoms with van der Waals surface area (Å²) in [5.41, 5.74) is 2.18. The van der Waals surface area contributed by atoms with Gasteiger partial charge >= 0.3 is 0 Å². The van der Waals surface area contributed by atoms with Crippen LogP contribution in [0, 0.1) is 0 Å². The lowest BCUT2D eigenvalue weighted by molar-refractivity contribution is 0.776. The van der Waals surface area contributed by atoms with E-state index < -0.39 is 0 Å². The predicted molar refractivity (Wildman–Crippen MR) is 71.4 cm³/mol. The largest absolute Gasteiger partial charge is 0.200 e. The molecular weight excluding hydrogens is 338 g/mol. The van der Waals surface area contributed by atoms with Gasteiger partial charge in [0.25, 0.3) is 0 Å². The molecule has 0 N–H and O–H groups in total. The molecular formula is C10H10ClIN4. The molecule has 0 amide bonds. The minimum absolute atomic E-state index is 0.750. The molecule has 1 heterocycles. The highest BCUT2D eigenvalue weighted by atomic mass is 127. The van der Waals surface area contributed by atoms with Crippen molar-refractivity contribution in [1.29, 1.82) is 0 Å². The molecule has 16 heavy (non-hydrogen) atoms. The first-order chi connectivity index (χ1) is 7.81. The van der Waals surface area contributed by atoms with Crippen LogP contribution < -0.4 is 0 Å². The van der Waals surface area contributed by atoms with E-state index in [1.165, 1.54) is 5.56 Å². The number of aromatic nitrogens is 4. The van der Waals surface area contributed by atoms with Gasteiger partial charge in [-0.05, 0) is 51.5 Å². The normalized spacial score (nSPS) is 10.6. The minimum atomic E-state index is 0.750. The van der Waals surface area contributed by atoms with Crippen LogP contribution in [0.3, 0.4) is 0 Å². The Morgan fingerprint density at radius 3 is 2.94 bits per heavy atom. The van der Waals surface area contributed by atoms with Crippen LogP contribution in [0.2, 0.25) is 5.02 Å². The Hall–Kier alpha value is -0.690. The highest BCUT2D eigenvalue weighted by Crippen LogP contribution is 2.20. The number of hydrogen-bond acceptors (Lipinski definition) is 3. The molecule has 1 aromatic heterocycles. The fraction of sp³-hybridized carbons (Fsp3) is 0.300. The van der Waals surface area contributed by atoms with Crippen molar-refractivity contribution in [3.63, 3.8) is 0 Å². The first-order valence-electron chi connectivity index (χ1n) is 4.89. The maximum atomic E-state index is 5.99. The third-order valence-corrected chi connectivity index (χ3v) is 3.22. The van der Waals surface area contributed by atoms with Crippen LogP contribution in [-0.4, -0.2) is 24.6 Å². The second kappa shape index (κ2) is 5.58. The van der Waals surface area contributed by atoms with Crippen molar-refractivity contribution in [2.24, 2.45) is 0 Å². The highest BCUT2D eigenvalue weighted by molar-refractivity contribution is 14.1. The molecule has 0 saturated carbocycles. The lowest BCUT2D eigenvalue weighted by Crippen LogP contribution is -2.01. The van der Waals surface area contributed by atoms with Crippen molar-refractivity contribution in [3.05, 3.63) is 35.1 Å². The Labute approximate surface area is 112 Å². The van der Waals surface area contributed by atoms with Gasteiger partial charge in [-0.2, -0.15) is 0 Å². The number of aryl methyl sites for hydroxylation is 1. The monoisotopic (exact) mass is 348 g/mol. The van der Waals surface area contributed by atoms with Gasteiger partial charge < -0.3 is 0 Å². The van der Waals surface area contributed by atoms with E-state index in [-0.39, 0.29) is 0 Å². The first kappa shape index (κ1) is 11.8. The predicted octanol–water partition coefficient (Wildman–Crippen LogP) is 2.68. The fourth-order valence-electron chi connectivity index (χ4n) is 1.51. The summed E-state index contributed by atoms with van der Waals surface area (Å²) < 4.78 is 2.79. The molecule has 4 nitrogen and oxygen atoms in total. The molecule has 0 atom stereocenters. The molecule has 0 aliphatic rings. The van der Waals surface area contributed by atoms with Gasteiger partial charge in [0.2, 0.25) is 0 Å². The van der Waals surface area contributed by atoms with Crippen LogP contribution in [0.25, 0.3) is 5.69 Å². The van der Waals surface area contributed by atoms with Crippen molar-refractivity contribution < 1.29 is 0 Å². The molecule has 0 saturated heterocycles. The van der Waals surface area contributed by atoms with Crippen molar-refractivity contribution in [3.8, 4) is 5.69 Å². The zero-order chi connectivity index (χ0) is 11.4. The zero-order valence-electron chi connectivity index (χ0n) is 8.48. The molecule has 6 heteroatoms. The minimum Gasteiger partial charge on any atom is -0.200 e. The summed E-state index contributed by atoms with van der Waals surface area (Å²) in [6, 6.07) is 5.78. The van der Waals surface area contributed by atoms with Gasteiger partial charge in [0.15, 0.2) is 0 Å². The first-order valence-corrected chi connectivity index (χ1v) is 6.79. The van der Waals surface area contributed by atoms with Crippen LogP contribution in [0.1, 0.15) is 12.0 Å². The molecule has 0 aliphatic heterocycles. The number of benzene rings is 1. The Balaban J connectivity index is 2.36. The van der Waals surface area contributed by atoms with Gasteiger partial charge in [-0.1, -0.05) is 34.2 Å². The lowest BCUT2D eigenvalue weighted by Gasteiger charge is -2.08. The van der Waals surface area contributed by atoms with Gasteiger partial charge in [-0.25, -0.2) is 4.68 Å². The standard InChI is InChI=1S/C10H10ClIN4/c11-9-3-4-10(16-7-13-14-15-16)8(6-9)2-1-5-12/h3-4,6-7H,1-2,5H2. The second-order valence-corrected chi connectivity index (χ2v) is 4.84. The topological polar surface area (TPSA) is 43.6 Å². The van der Waals surface area contributed by atoms with E-state index in [2.05, 4.69) is 38.1 Å². The van der Waals surface area contributed by atoms with Crippen LogP contribution >= 0.6 is 34.2 Å². The summed E-state index contributed by atoms with van der Waals surface area (Å²) in [6.07, 6.45) is 3.70. The maximum absolute atomic E-state index is 5.99. The Morgan fingerprint density at radius 2 is 2.25 bits per heavy atom. The van der Waals surface area contributed by atoms with E-state index in [0.29, 0.717) is 0 Å². The summed E-state index contributed by atoms with van der Waals surface area (Å²) in [4.78, 5) is 0. The summed E-state index contributed by atoms with van der Waals surface area (Å²) >= 11 is 8.36. The van der Waals surface area contributed by atoms with Gasteiger partial charge in [-0.15, -0.1) is 5.10 Å². The average Bonchev–Trinajstić information content (AvgIpc) is 2.80. The summed E-state index contributed by atoms with van der Waals surface area (Å²) in [7, 11) is 0. The van der Waals surface area contributed by atoms with E-state index in [4.69, 9.17) is 11.6 Å². The van der Waals surface area contributed by atoms with Crippen molar-refractivity contribution in [1.82, 2.24) is 20.2 Å². The van der Waals surface area contributed by atoms with E-state index in [1.54, 1.807) is 11.0 Å². The Morgan fingerprint density at radius 1 is 1.38 bits per heavy atom. The molecule has 0 radical (unpaired) electrons. The number of hydrogen-bond donors (Lipinski definition) is 0. The van der Waals surface area contributed by atoms with E-state index >= 15 is 0 Å². The molecule has 0 unspecified atom stereocenters. The number of halogens is 2. The molecule has 1 aromatic carbocycles. The maximum Gasteiger partial charge on any atom is 0.143 e. The van der Waals surface area contributed by atoms with Gasteiger partial charge in [0, 0.05) is 5.02 Å². The number of rotatable bonds is 4. The second-order valence-electron chi connectivity index (χ2n) is 3.32. The summed E-state index contributed by atoms with van der Waals surface area (Å²) in [5.74, 6) is 0. The third kappa shape index (κ3) is 2.70. The smallest absolute Gasteiger partial charge is 0.143 e. The molecule has 2 aromatic rings. The zero-order valence-corrected chi connectivity index (χ0v) is 11.4. The van der Waals surface area contributed by atoms with Crippen molar-refractivity contribution >= 4 is 34.2 Å². The molecule has 84 valence electrons. The molecule has 0 spiro atoms. The van der Waals surface area contributed by atoms with Crippen molar-refractivity contribution in [2.45, 2.75) is 12.8 Å². The van der Waals surface area contributed by atoms with E-state index in [0.717, 1.165) is 28.0 Å². The van der Waals surface area contributed by atoms with Crippen LogP contribution in [0.4, 0.5) is 0 Å². The quantitative estimate of drug-likeness (QED) is 0.630. The van der Waals surface area contributed by atoms with Crippen LogP contribution in [-0.2, 0) is 6.42 Å². The van der Waals surface area contributed by atoms with E-state index in [1.807, 2.05) is 18.2 Å². The SMILES string of the molecule is Clc1ccc(-n2cnnn2)c(CCCI)c1. The molecule has 0 bridgehead atoms. The van der Waals surface area contributed by atoms with Gasteiger partial charge in [0.1, 0.15) is 6.33 Å². The van der Waals surface area contributed by atoms with Crippen molar-refractivity contribution in [2.75, 3.05) is 4.43 Å². The number of alkyl halides is 1. The van der Waals surface area contributed by atoms with Gasteiger partial charge in [0.05, 0.1) is 5.69 Å². The van der Waals surface area contributed by atoms with Crippen LogP contribution in [0.5, 0.6) is 0 Å². The Kier molecular flexibility index (Phi) is 4.11. The van der Waals surface area contributed by atoms with Gasteiger partial charge in [-0.3, -0.25) is 0 Å². The summed E-state index contributed by atoms with van der Waals surface area (Å²) in [6.45, 7) is 0. The molecule has 0 fully saturated rings. The third-order valence-electron chi connectivity index (χ3n) is 2.22. The number of tetrazole rings is 1. The summed E-state index contributed by atoms with van der Waals surface area (Å²) in [5, 5.41) is 11.9. The highest BCUT2D eigenvalue weighted by Gasteiger charge is 2.06. The van der Waals surface area contributed by atoms with E-state index in [9.17, 15) is 0 Å². The average molecular weight is 349 g/mol. The molecule has 0 aliphatic carbocycles. The lowest BCUT2D eigenvalue weighted by atomic mass is 10.1. The number of nitrogens with zero attached hydrogens (tertiary/aromatic N) is 4. The Bertz CT molecular complexity index is 458.